The number of H-pyrrole nitrogens is 1. The molecule has 0 saturated carbocycles. The van der Waals surface area contributed by atoms with Crippen molar-refractivity contribution in [1.29, 1.82) is 0 Å². The van der Waals surface area contributed by atoms with E-state index in [-0.39, 0.29) is 12.0 Å². The number of aromatic nitrogens is 2. The van der Waals surface area contributed by atoms with Gasteiger partial charge in [-0.3, -0.25) is 14.8 Å². The standard InChI is InChI=1S/C26H24N4O4/c1-15(31)27-13-19-14-30(26(32)33-19)18-9-10-20-16(11-18)6-4-7-21-24(20)28-29-25(21)23-12-17-5-2-3-8-22(17)34-23/h2-3,5,8-12,19H,4,6-7,13-14H2,1H3,(H,27,31)(H,28,29)/t19-/m0/s1. The highest BCUT2D eigenvalue weighted by Gasteiger charge is 2.33. The number of para-hydroxylation sites is 1. The summed E-state index contributed by atoms with van der Waals surface area (Å²) in [6.07, 6.45) is 1.99. The molecule has 3 heterocycles. The molecule has 8 nitrogen and oxygen atoms in total. The number of hydrogen-bond acceptors (Lipinski definition) is 5. The molecule has 2 aromatic carbocycles. The fourth-order valence-electron chi connectivity index (χ4n) is 4.88. The Morgan fingerprint density at radius 1 is 1.21 bits per heavy atom. The van der Waals surface area contributed by atoms with Gasteiger partial charge in [0.05, 0.1) is 18.8 Å². The van der Waals surface area contributed by atoms with Gasteiger partial charge in [0.2, 0.25) is 5.91 Å². The summed E-state index contributed by atoms with van der Waals surface area (Å²) in [5.41, 5.74) is 6.91. The largest absolute Gasteiger partial charge is 0.454 e. The number of ether oxygens (including phenoxy) is 1. The lowest BCUT2D eigenvalue weighted by atomic mass is 10.0. The number of anilines is 1. The Morgan fingerprint density at radius 3 is 2.94 bits per heavy atom. The van der Waals surface area contributed by atoms with Crippen LogP contribution in [0.5, 0.6) is 0 Å². The molecule has 0 bridgehead atoms. The second-order valence-electron chi connectivity index (χ2n) is 8.82. The number of nitrogens with one attached hydrogen (secondary N) is 2. The van der Waals surface area contributed by atoms with Crippen LogP contribution >= 0.6 is 0 Å². The Hall–Kier alpha value is -4.07. The molecule has 2 N–H and O–H groups in total. The third-order valence-corrected chi connectivity index (χ3v) is 6.52. The van der Waals surface area contributed by atoms with E-state index in [1.165, 1.54) is 6.92 Å². The average Bonchev–Trinajstić information content (AvgIpc) is 3.51. The highest BCUT2D eigenvalue weighted by Crippen LogP contribution is 2.39. The summed E-state index contributed by atoms with van der Waals surface area (Å²) in [7, 11) is 0. The molecule has 2 amide bonds. The number of nitrogens with zero attached hydrogens (tertiary/aromatic N) is 2. The molecule has 34 heavy (non-hydrogen) atoms. The summed E-state index contributed by atoms with van der Waals surface area (Å²) in [5.74, 6) is 0.626. The predicted molar refractivity (Wildman–Crippen MR) is 128 cm³/mol. The number of hydrogen-bond donors (Lipinski definition) is 2. The zero-order chi connectivity index (χ0) is 23.2. The van der Waals surface area contributed by atoms with Crippen LogP contribution in [0.3, 0.4) is 0 Å². The first kappa shape index (κ1) is 20.5. The number of carbonyl (C=O) groups is 2. The smallest absolute Gasteiger partial charge is 0.414 e. The number of benzene rings is 2. The van der Waals surface area contributed by atoms with E-state index in [0.29, 0.717) is 13.1 Å². The van der Waals surface area contributed by atoms with Crippen LogP contribution < -0.4 is 10.2 Å². The summed E-state index contributed by atoms with van der Waals surface area (Å²) >= 11 is 0. The van der Waals surface area contributed by atoms with Crippen molar-refractivity contribution in [1.82, 2.24) is 15.5 Å². The fourth-order valence-corrected chi connectivity index (χ4v) is 4.88. The van der Waals surface area contributed by atoms with Gasteiger partial charge in [0, 0.05) is 29.1 Å². The summed E-state index contributed by atoms with van der Waals surface area (Å²) < 4.78 is 11.5. The number of carbonyl (C=O) groups excluding carboxylic acids is 2. The van der Waals surface area contributed by atoms with Crippen molar-refractivity contribution in [3.05, 3.63) is 59.7 Å². The zero-order valence-corrected chi connectivity index (χ0v) is 18.8. The Kier molecular flexibility index (Phi) is 4.86. The molecular formula is C26H24N4O4. The second-order valence-corrected chi connectivity index (χ2v) is 8.82. The molecule has 4 aromatic rings. The van der Waals surface area contributed by atoms with Crippen LogP contribution in [0.1, 0.15) is 24.5 Å². The average molecular weight is 457 g/mol. The van der Waals surface area contributed by atoms with Crippen molar-refractivity contribution in [2.24, 2.45) is 0 Å². The highest BCUT2D eigenvalue weighted by molar-refractivity contribution is 5.91. The van der Waals surface area contributed by atoms with E-state index < -0.39 is 6.09 Å². The normalized spacial score (nSPS) is 17.3. The van der Waals surface area contributed by atoms with E-state index in [0.717, 1.165) is 69.8 Å². The predicted octanol–water partition coefficient (Wildman–Crippen LogP) is 4.44. The van der Waals surface area contributed by atoms with E-state index in [9.17, 15) is 9.59 Å². The van der Waals surface area contributed by atoms with Crippen LogP contribution in [0.2, 0.25) is 0 Å². The third kappa shape index (κ3) is 3.51. The molecule has 0 radical (unpaired) electrons. The molecule has 1 aliphatic heterocycles. The lowest BCUT2D eigenvalue weighted by molar-refractivity contribution is -0.119. The summed E-state index contributed by atoms with van der Waals surface area (Å²) in [4.78, 5) is 25.3. The molecule has 172 valence electrons. The van der Waals surface area contributed by atoms with Gasteiger partial charge in [-0.15, -0.1) is 0 Å². The molecule has 1 atom stereocenters. The molecule has 8 heteroatoms. The van der Waals surface area contributed by atoms with E-state index in [4.69, 9.17) is 9.15 Å². The number of cyclic esters (lactones) is 1. The van der Waals surface area contributed by atoms with Gasteiger partial charge in [0.15, 0.2) is 5.76 Å². The Labute approximate surface area is 195 Å². The molecule has 1 aliphatic carbocycles. The van der Waals surface area contributed by atoms with Crippen molar-refractivity contribution in [3.63, 3.8) is 0 Å². The summed E-state index contributed by atoms with van der Waals surface area (Å²) in [5, 5.41) is 11.6. The van der Waals surface area contributed by atoms with Gasteiger partial charge in [-0.1, -0.05) is 24.3 Å². The monoisotopic (exact) mass is 456 g/mol. The minimum atomic E-state index is -0.390. The number of amides is 2. The van der Waals surface area contributed by atoms with E-state index >= 15 is 0 Å². The van der Waals surface area contributed by atoms with Crippen molar-refractivity contribution in [3.8, 4) is 22.7 Å². The van der Waals surface area contributed by atoms with Gasteiger partial charge in [-0.25, -0.2) is 4.79 Å². The molecule has 1 saturated heterocycles. The van der Waals surface area contributed by atoms with E-state index in [1.807, 2.05) is 42.5 Å². The molecule has 6 rings (SSSR count). The van der Waals surface area contributed by atoms with Crippen molar-refractivity contribution in [2.75, 3.05) is 18.0 Å². The Balaban J connectivity index is 1.31. The van der Waals surface area contributed by atoms with Crippen LogP contribution in [0.15, 0.2) is 52.9 Å². The maximum Gasteiger partial charge on any atom is 0.414 e. The molecule has 0 spiro atoms. The minimum Gasteiger partial charge on any atom is -0.454 e. The van der Waals surface area contributed by atoms with Gasteiger partial charge in [-0.2, -0.15) is 5.10 Å². The van der Waals surface area contributed by atoms with Gasteiger partial charge >= 0.3 is 6.09 Å². The van der Waals surface area contributed by atoms with Crippen LogP contribution in [0.25, 0.3) is 33.7 Å². The highest BCUT2D eigenvalue weighted by atomic mass is 16.6. The van der Waals surface area contributed by atoms with Crippen molar-refractivity contribution in [2.45, 2.75) is 32.3 Å². The van der Waals surface area contributed by atoms with Gasteiger partial charge in [0.1, 0.15) is 17.4 Å². The summed E-state index contributed by atoms with van der Waals surface area (Å²) in [6.45, 7) is 2.17. The lowest BCUT2D eigenvalue weighted by Crippen LogP contribution is -2.33. The van der Waals surface area contributed by atoms with Crippen LogP contribution in [0.4, 0.5) is 10.5 Å². The lowest BCUT2D eigenvalue weighted by Gasteiger charge is -2.16. The van der Waals surface area contributed by atoms with E-state index in [2.05, 4.69) is 21.6 Å². The quantitative estimate of drug-likeness (QED) is 0.473. The molecular weight excluding hydrogens is 432 g/mol. The van der Waals surface area contributed by atoms with Gasteiger partial charge < -0.3 is 14.5 Å². The minimum absolute atomic E-state index is 0.142. The van der Waals surface area contributed by atoms with Gasteiger partial charge in [-0.05, 0) is 49.1 Å². The summed E-state index contributed by atoms with van der Waals surface area (Å²) in [6, 6.07) is 16.1. The number of rotatable bonds is 4. The third-order valence-electron chi connectivity index (χ3n) is 6.52. The fraction of sp³-hybridized carbons (Fsp3) is 0.269. The van der Waals surface area contributed by atoms with Crippen molar-refractivity contribution < 1.29 is 18.7 Å². The molecule has 2 aromatic heterocycles. The first-order valence-corrected chi connectivity index (χ1v) is 11.5. The van der Waals surface area contributed by atoms with Crippen molar-refractivity contribution >= 4 is 28.7 Å². The van der Waals surface area contributed by atoms with Crippen LogP contribution in [0, 0.1) is 0 Å². The van der Waals surface area contributed by atoms with Crippen LogP contribution in [-0.2, 0) is 22.4 Å². The Morgan fingerprint density at radius 2 is 2.09 bits per heavy atom. The first-order valence-electron chi connectivity index (χ1n) is 11.5. The topological polar surface area (TPSA) is 100 Å². The Bertz CT molecular complexity index is 1390. The number of aromatic amines is 1. The number of furan rings is 1. The SMILES string of the molecule is CC(=O)NC[C@H]1CN(c2ccc3c(c2)CCCc2c(-c4cc5ccccc5o4)n[nH]c2-3)C(=O)O1. The maximum atomic E-state index is 12.5. The maximum absolute atomic E-state index is 12.5. The molecule has 0 unspecified atom stereocenters. The molecule has 2 aliphatic rings. The second kappa shape index (κ2) is 8.06. The number of fused-ring (bicyclic) bond motifs is 4. The number of aryl methyl sites for hydroxylation is 1. The van der Waals surface area contributed by atoms with Gasteiger partial charge in [0.25, 0.3) is 0 Å². The van der Waals surface area contributed by atoms with Crippen LogP contribution in [-0.4, -0.2) is 41.4 Å². The first-order chi connectivity index (χ1) is 16.6. The van der Waals surface area contributed by atoms with E-state index in [1.54, 1.807) is 4.90 Å². The zero-order valence-electron chi connectivity index (χ0n) is 18.8. The molecule has 1 fully saturated rings.